The molecule has 0 aromatic heterocycles. The molecule has 0 fully saturated rings. The molecule has 0 saturated heterocycles. The molecule has 0 aliphatic rings. The predicted octanol–water partition coefficient (Wildman–Crippen LogP) is 0.228. The maximum absolute atomic E-state index is 9.53. The first kappa shape index (κ1) is 9.85. The van der Waals surface area contributed by atoms with Crippen LogP contribution in [0.15, 0.2) is 5.34 Å². The van der Waals surface area contributed by atoms with Crippen LogP contribution in [0.1, 0.15) is 6.92 Å². The number of carbonyl (C=O) groups excluding carboxylic acids is 1. The van der Waals surface area contributed by atoms with Crippen molar-refractivity contribution in [2.24, 2.45) is 5.34 Å². The van der Waals surface area contributed by atoms with Gasteiger partial charge in [0.1, 0.15) is 0 Å². The van der Waals surface area contributed by atoms with Crippen molar-refractivity contribution in [2.45, 2.75) is 6.92 Å². The van der Waals surface area contributed by atoms with Crippen molar-refractivity contribution in [1.29, 1.82) is 0 Å². The molecule has 0 aliphatic heterocycles. The SMILES string of the molecule is CC(=O)ON=O.[Ru+3]. The molecule has 0 aliphatic carbocycles. The van der Waals surface area contributed by atoms with E-state index in [0.29, 0.717) is 0 Å². The maximum Gasteiger partial charge on any atom is 3.00 e. The van der Waals surface area contributed by atoms with Crippen molar-refractivity contribution in [2.75, 3.05) is 0 Å². The second kappa shape index (κ2) is 5.69. The van der Waals surface area contributed by atoms with Crippen LogP contribution in [0.3, 0.4) is 0 Å². The van der Waals surface area contributed by atoms with Gasteiger partial charge in [-0.15, -0.1) is 4.91 Å². The molecule has 0 bridgehead atoms. The van der Waals surface area contributed by atoms with E-state index in [1.165, 1.54) is 0 Å². The van der Waals surface area contributed by atoms with Gasteiger partial charge >= 0.3 is 25.4 Å². The zero-order chi connectivity index (χ0) is 4.99. The fourth-order valence-corrected chi connectivity index (χ4v) is 0.0525. The summed E-state index contributed by atoms with van der Waals surface area (Å²) >= 11 is 0. The Morgan fingerprint density at radius 1 is 1.71 bits per heavy atom. The first-order valence-corrected chi connectivity index (χ1v) is 1.27. The van der Waals surface area contributed by atoms with Gasteiger partial charge in [0.05, 0.1) is 0 Å². The van der Waals surface area contributed by atoms with Gasteiger partial charge in [-0.3, -0.25) is 4.84 Å². The molecule has 0 aromatic carbocycles. The van der Waals surface area contributed by atoms with Crippen LogP contribution in [0.4, 0.5) is 0 Å². The Hall–Kier alpha value is -0.307. The molecular weight excluding hydrogens is 187 g/mol. The Labute approximate surface area is 52.9 Å². The van der Waals surface area contributed by atoms with E-state index in [2.05, 4.69) is 4.84 Å². The van der Waals surface area contributed by atoms with Crippen LogP contribution >= 0.6 is 0 Å². The molecule has 5 heteroatoms. The predicted molar refractivity (Wildman–Crippen MR) is 17.6 cm³/mol. The molecule has 0 amide bonds. The summed E-state index contributed by atoms with van der Waals surface area (Å²) in [5.74, 6) is -0.690. The maximum atomic E-state index is 9.53. The summed E-state index contributed by atoms with van der Waals surface area (Å²) in [5, 5.41) is 1.84. The standard InChI is InChI=1S/C2H3NO3.Ru/c1-2(4)6-3-5;/h1H3;/q;+3. The normalized spacial score (nSPS) is 5.86. The Morgan fingerprint density at radius 3 is 2.14 bits per heavy atom. The van der Waals surface area contributed by atoms with Crippen molar-refractivity contribution in [3.63, 3.8) is 0 Å². The van der Waals surface area contributed by atoms with Gasteiger partial charge in [0.25, 0.3) is 0 Å². The van der Waals surface area contributed by atoms with E-state index in [1.54, 1.807) is 0 Å². The van der Waals surface area contributed by atoms with Crippen molar-refractivity contribution < 1.29 is 29.1 Å². The van der Waals surface area contributed by atoms with Crippen LogP contribution < -0.4 is 0 Å². The summed E-state index contributed by atoms with van der Waals surface area (Å²) in [5.41, 5.74) is 0. The zero-order valence-electron chi connectivity index (χ0n) is 3.53. The molecule has 0 atom stereocenters. The van der Waals surface area contributed by atoms with Crippen molar-refractivity contribution in [3.05, 3.63) is 4.91 Å². The van der Waals surface area contributed by atoms with Gasteiger partial charge in [-0.05, 0) is 0 Å². The van der Waals surface area contributed by atoms with E-state index in [9.17, 15) is 4.79 Å². The monoisotopic (exact) mass is 191 g/mol. The topological polar surface area (TPSA) is 55.7 Å². The first-order valence-electron chi connectivity index (χ1n) is 1.27. The van der Waals surface area contributed by atoms with Crippen molar-refractivity contribution in [1.82, 2.24) is 0 Å². The molecule has 4 nitrogen and oxygen atoms in total. The third-order valence-corrected chi connectivity index (χ3v) is 0.166. The molecular formula is C2H3NO3Ru+3. The molecule has 0 heterocycles. The Morgan fingerprint density at radius 2 is 2.14 bits per heavy atom. The molecule has 1 radical (unpaired) electrons. The molecule has 39 valence electrons. The summed E-state index contributed by atoms with van der Waals surface area (Å²) < 4.78 is 0. The second-order valence-electron chi connectivity index (χ2n) is 0.657. The first-order chi connectivity index (χ1) is 2.77. The van der Waals surface area contributed by atoms with Gasteiger partial charge in [0.2, 0.25) is 0 Å². The van der Waals surface area contributed by atoms with Gasteiger partial charge in [0, 0.05) is 6.92 Å². The van der Waals surface area contributed by atoms with E-state index in [0.717, 1.165) is 6.92 Å². The van der Waals surface area contributed by atoms with E-state index in [1.807, 2.05) is 5.34 Å². The van der Waals surface area contributed by atoms with Crippen LogP contribution in [-0.4, -0.2) is 5.97 Å². The molecule has 0 N–H and O–H groups in total. The van der Waals surface area contributed by atoms with Crippen LogP contribution in [-0.2, 0) is 29.1 Å². The molecule has 7 heavy (non-hydrogen) atoms. The third-order valence-electron chi connectivity index (χ3n) is 0.166. The van der Waals surface area contributed by atoms with Crippen LogP contribution in [0.2, 0.25) is 0 Å². The third kappa shape index (κ3) is 10.7. The molecule has 0 aromatic rings. The van der Waals surface area contributed by atoms with E-state index >= 15 is 0 Å². The molecule has 0 rings (SSSR count). The zero-order valence-corrected chi connectivity index (χ0v) is 5.26. The summed E-state index contributed by atoms with van der Waals surface area (Å²) in [6, 6.07) is 0. The number of nitrogens with zero attached hydrogens (tertiary/aromatic N) is 1. The van der Waals surface area contributed by atoms with E-state index < -0.39 is 5.97 Å². The Bertz CT molecular complexity index is 73.3. The van der Waals surface area contributed by atoms with E-state index in [-0.39, 0.29) is 19.5 Å². The quantitative estimate of drug-likeness (QED) is 0.338. The minimum atomic E-state index is -0.690. The minimum Gasteiger partial charge on any atom is -0.285 e. The van der Waals surface area contributed by atoms with Gasteiger partial charge in [-0.25, -0.2) is 4.79 Å². The number of hydrogen-bond donors (Lipinski definition) is 0. The Balaban J connectivity index is 0. The van der Waals surface area contributed by atoms with Gasteiger partial charge in [-0.2, -0.15) is 0 Å². The summed E-state index contributed by atoms with van der Waals surface area (Å²) in [4.78, 5) is 21.9. The van der Waals surface area contributed by atoms with Gasteiger partial charge in [-0.1, -0.05) is 0 Å². The molecule has 0 unspecified atom stereocenters. The number of carbonyl (C=O) groups is 1. The summed E-state index contributed by atoms with van der Waals surface area (Å²) in [6.45, 7) is 1.10. The largest absolute Gasteiger partial charge is 3.00 e. The second-order valence-corrected chi connectivity index (χ2v) is 0.657. The van der Waals surface area contributed by atoms with E-state index in [4.69, 9.17) is 4.91 Å². The van der Waals surface area contributed by atoms with Crippen LogP contribution in [0, 0.1) is 4.91 Å². The average molecular weight is 190 g/mol. The molecule has 0 spiro atoms. The Kier molecular flexibility index (Phi) is 8.01. The van der Waals surface area contributed by atoms with Crippen molar-refractivity contribution in [3.8, 4) is 0 Å². The van der Waals surface area contributed by atoms with Gasteiger partial charge < -0.3 is 0 Å². The minimum absolute atomic E-state index is 0. The summed E-state index contributed by atoms with van der Waals surface area (Å²) in [7, 11) is 0. The van der Waals surface area contributed by atoms with Crippen molar-refractivity contribution >= 4 is 5.97 Å². The number of rotatable bonds is 1. The molecule has 0 saturated carbocycles. The fourth-order valence-electron chi connectivity index (χ4n) is 0.0525. The van der Waals surface area contributed by atoms with Crippen LogP contribution in [0.5, 0.6) is 0 Å². The fraction of sp³-hybridized carbons (Fsp3) is 0.500. The summed E-state index contributed by atoms with van der Waals surface area (Å²) in [6.07, 6.45) is 0. The van der Waals surface area contributed by atoms with Crippen LogP contribution in [0.25, 0.3) is 0 Å². The van der Waals surface area contributed by atoms with Gasteiger partial charge in [0.15, 0.2) is 5.34 Å². The average Bonchev–Trinajstić information content (AvgIpc) is 1.35. The smallest absolute Gasteiger partial charge is 0.285 e. The number of hydrogen-bond acceptors (Lipinski definition) is 4.